The van der Waals surface area contributed by atoms with Crippen molar-refractivity contribution >= 4 is 11.8 Å². The lowest BCUT2D eigenvalue weighted by molar-refractivity contribution is -0.195. The molecule has 4 aliphatic carbocycles. The minimum absolute atomic E-state index is 0.0106. The van der Waals surface area contributed by atoms with E-state index in [1.807, 2.05) is 13.8 Å². The van der Waals surface area contributed by atoms with E-state index in [2.05, 4.69) is 6.92 Å². The highest BCUT2D eigenvalue weighted by atomic mass is 16.6. The highest BCUT2D eigenvalue weighted by Crippen LogP contribution is 2.72. The van der Waals surface area contributed by atoms with Crippen molar-refractivity contribution in [3.8, 4) is 0 Å². The van der Waals surface area contributed by atoms with Crippen molar-refractivity contribution in [2.75, 3.05) is 6.61 Å². The van der Waals surface area contributed by atoms with Gasteiger partial charge in [-0.3, -0.25) is 4.79 Å². The van der Waals surface area contributed by atoms with Crippen molar-refractivity contribution in [1.29, 1.82) is 0 Å². The molecule has 0 aromatic rings. The molecule has 2 heterocycles. The molecule has 35 heavy (non-hydrogen) atoms. The molecule has 11 atom stereocenters. The number of carbonyl (C=O) groups excluding carboxylic acids is 2. The largest absolute Gasteiger partial charge is 0.456 e. The SMILES string of the molecule is CC1=C(CO)C(=O)OC(C(C)(O)C2CCC3C4C5OC5C5(O)CC=CC(=O)C5(C)C4CCC32C)C1. The maximum absolute atomic E-state index is 13.3. The molecular formula is C28H38O7. The molecular weight excluding hydrogens is 448 g/mol. The Hall–Kier alpha value is -1.54. The third kappa shape index (κ3) is 2.81. The molecule has 192 valence electrons. The Balaban J connectivity index is 1.32. The summed E-state index contributed by atoms with van der Waals surface area (Å²) in [6, 6.07) is 0. The van der Waals surface area contributed by atoms with Gasteiger partial charge >= 0.3 is 5.97 Å². The number of carbonyl (C=O) groups is 2. The molecule has 11 unspecified atom stereocenters. The number of fused-ring (bicyclic) bond motifs is 8. The molecule has 6 rings (SSSR count). The van der Waals surface area contributed by atoms with Gasteiger partial charge in [-0.05, 0) is 88.0 Å². The van der Waals surface area contributed by atoms with E-state index in [9.17, 15) is 24.9 Å². The van der Waals surface area contributed by atoms with Crippen LogP contribution in [0, 0.1) is 34.5 Å². The predicted molar refractivity (Wildman–Crippen MR) is 126 cm³/mol. The summed E-state index contributed by atoms with van der Waals surface area (Å²) < 4.78 is 11.9. The van der Waals surface area contributed by atoms with Crippen molar-refractivity contribution in [3.05, 3.63) is 23.3 Å². The van der Waals surface area contributed by atoms with Crippen LogP contribution in [0.2, 0.25) is 0 Å². The van der Waals surface area contributed by atoms with Gasteiger partial charge in [0, 0.05) is 6.42 Å². The van der Waals surface area contributed by atoms with Gasteiger partial charge in [-0.25, -0.2) is 4.79 Å². The lowest BCUT2D eigenvalue weighted by Gasteiger charge is -2.60. The Morgan fingerprint density at radius 3 is 2.60 bits per heavy atom. The van der Waals surface area contributed by atoms with Gasteiger partial charge in [-0.2, -0.15) is 0 Å². The van der Waals surface area contributed by atoms with E-state index in [0.717, 1.165) is 31.3 Å². The van der Waals surface area contributed by atoms with Crippen LogP contribution >= 0.6 is 0 Å². The van der Waals surface area contributed by atoms with E-state index < -0.39 is 28.7 Å². The first-order valence-electron chi connectivity index (χ1n) is 13.2. The first kappa shape index (κ1) is 23.8. The second-order valence-electron chi connectivity index (χ2n) is 12.8. The van der Waals surface area contributed by atoms with E-state index in [0.29, 0.717) is 18.4 Å². The van der Waals surface area contributed by atoms with Gasteiger partial charge in [0.25, 0.3) is 0 Å². The highest BCUT2D eigenvalue weighted by molar-refractivity contribution is 5.97. The van der Waals surface area contributed by atoms with Crippen LogP contribution in [0.4, 0.5) is 0 Å². The Kier molecular flexibility index (Phi) is 4.95. The average molecular weight is 487 g/mol. The number of hydrogen-bond acceptors (Lipinski definition) is 7. The lowest BCUT2D eigenvalue weighted by atomic mass is 9.43. The average Bonchev–Trinajstić information content (AvgIpc) is 3.51. The van der Waals surface area contributed by atoms with E-state index >= 15 is 0 Å². The highest BCUT2D eigenvalue weighted by Gasteiger charge is 2.78. The third-order valence-electron chi connectivity index (χ3n) is 11.6. The smallest absolute Gasteiger partial charge is 0.336 e. The number of aliphatic hydroxyl groups is 3. The molecule has 3 saturated carbocycles. The number of cyclic esters (lactones) is 1. The molecule has 2 aliphatic heterocycles. The Morgan fingerprint density at radius 2 is 1.91 bits per heavy atom. The number of aliphatic hydroxyl groups excluding tert-OH is 1. The Morgan fingerprint density at radius 1 is 1.17 bits per heavy atom. The van der Waals surface area contributed by atoms with Gasteiger partial charge in [0.15, 0.2) is 5.78 Å². The standard InChI is InChI=1S/C28H38O7/c1-14-12-20(34-24(31)15(14)13-29)27(4,32)18-8-7-16-21-17(9-11-25(16,18)2)26(3)19(30)6-5-10-28(26,33)23-22(21)35-23/h5-6,16-18,20-23,29,32-33H,7-13H2,1-4H3. The van der Waals surface area contributed by atoms with Gasteiger partial charge in [0.05, 0.1) is 23.7 Å². The summed E-state index contributed by atoms with van der Waals surface area (Å²) in [7, 11) is 0. The van der Waals surface area contributed by atoms with Gasteiger partial charge in [0.1, 0.15) is 23.4 Å². The minimum Gasteiger partial charge on any atom is -0.456 e. The molecule has 1 saturated heterocycles. The summed E-state index contributed by atoms with van der Waals surface area (Å²) in [5, 5.41) is 33.2. The van der Waals surface area contributed by atoms with E-state index in [1.54, 1.807) is 19.1 Å². The van der Waals surface area contributed by atoms with Crippen LogP contribution in [-0.4, -0.2) is 63.2 Å². The summed E-state index contributed by atoms with van der Waals surface area (Å²) in [6.07, 6.45) is 6.67. The Bertz CT molecular complexity index is 1040. The summed E-state index contributed by atoms with van der Waals surface area (Å²) >= 11 is 0. The summed E-state index contributed by atoms with van der Waals surface area (Å²) in [5.74, 6) is -0.136. The Labute approximate surface area is 206 Å². The first-order valence-corrected chi connectivity index (χ1v) is 13.2. The predicted octanol–water partition coefficient (Wildman–Crippen LogP) is 2.47. The lowest BCUT2D eigenvalue weighted by Crippen LogP contribution is -2.67. The van der Waals surface area contributed by atoms with Crippen molar-refractivity contribution in [2.45, 2.75) is 95.7 Å². The first-order chi connectivity index (χ1) is 16.4. The molecule has 0 aromatic carbocycles. The van der Waals surface area contributed by atoms with Crippen LogP contribution in [0.5, 0.6) is 0 Å². The normalized spacial score (nSPS) is 52.1. The fourth-order valence-electron chi connectivity index (χ4n) is 9.51. The number of allylic oxidation sites excluding steroid dienone is 1. The van der Waals surface area contributed by atoms with Crippen molar-refractivity contribution < 1.29 is 34.4 Å². The van der Waals surface area contributed by atoms with Crippen molar-refractivity contribution in [3.63, 3.8) is 0 Å². The zero-order valence-corrected chi connectivity index (χ0v) is 21.1. The van der Waals surface area contributed by atoms with E-state index in [4.69, 9.17) is 9.47 Å². The molecule has 7 nitrogen and oxygen atoms in total. The molecule has 7 heteroatoms. The molecule has 0 amide bonds. The maximum Gasteiger partial charge on any atom is 0.336 e. The molecule has 0 aromatic heterocycles. The van der Waals surface area contributed by atoms with Crippen LogP contribution in [0.15, 0.2) is 23.3 Å². The van der Waals surface area contributed by atoms with Crippen LogP contribution in [0.25, 0.3) is 0 Å². The molecule has 6 aliphatic rings. The summed E-state index contributed by atoms with van der Waals surface area (Å²) in [6.45, 7) is 7.49. The topological polar surface area (TPSA) is 117 Å². The third-order valence-corrected chi connectivity index (χ3v) is 11.6. The van der Waals surface area contributed by atoms with E-state index in [-0.39, 0.29) is 53.7 Å². The second-order valence-corrected chi connectivity index (χ2v) is 12.8. The van der Waals surface area contributed by atoms with Crippen LogP contribution < -0.4 is 0 Å². The molecule has 0 bridgehead atoms. The number of rotatable bonds is 3. The molecule has 4 fully saturated rings. The second kappa shape index (κ2) is 7.27. The van der Waals surface area contributed by atoms with Crippen molar-refractivity contribution in [1.82, 2.24) is 0 Å². The van der Waals surface area contributed by atoms with Crippen LogP contribution in [-0.2, 0) is 19.1 Å². The fourth-order valence-corrected chi connectivity index (χ4v) is 9.51. The number of esters is 1. The van der Waals surface area contributed by atoms with Gasteiger partial charge < -0.3 is 24.8 Å². The van der Waals surface area contributed by atoms with Crippen molar-refractivity contribution in [2.24, 2.45) is 34.5 Å². The molecule has 0 radical (unpaired) electrons. The number of epoxide rings is 1. The van der Waals surface area contributed by atoms with Gasteiger partial charge in [-0.15, -0.1) is 0 Å². The monoisotopic (exact) mass is 486 g/mol. The zero-order valence-electron chi connectivity index (χ0n) is 21.1. The maximum atomic E-state index is 13.3. The number of hydrogen-bond donors (Lipinski definition) is 3. The zero-order chi connectivity index (χ0) is 25.1. The van der Waals surface area contributed by atoms with Gasteiger partial charge in [0.2, 0.25) is 0 Å². The minimum atomic E-state index is -1.22. The number of ketones is 1. The molecule has 3 N–H and O–H groups in total. The quantitative estimate of drug-likeness (QED) is 0.414. The summed E-state index contributed by atoms with van der Waals surface area (Å²) in [5.41, 5.74) is -2.35. The van der Waals surface area contributed by atoms with E-state index in [1.165, 1.54) is 0 Å². The number of ether oxygens (including phenoxy) is 2. The van der Waals surface area contributed by atoms with Gasteiger partial charge in [-0.1, -0.05) is 18.6 Å². The van der Waals surface area contributed by atoms with Crippen LogP contribution in [0.3, 0.4) is 0 Å². The summed E-state index contributed by atoms with van der Waals surface area (Å²) in [4.78, 5) is 25.8. The fraction of sp³-hybridized carbons (Fsp3) is 0.786. The molecule has 0 spiro atoms. The van der Waals surface area contributed by atoms with Crippen LogP contribution in [0.1, 0.15) is 66.2 Å².